The van der Waals surface area contributed by atoms with Gasteiger partial charge in [0.15, 0.2) is 0 Å². The summed E-state index contributed by atoms with van der Waals surface area (Å²) in [6, 6.07) is 20.3. The van der Waals surface area contributed by atoms with E-state index in [4.69, 9.17) is 11.6 Å². The van der Waals surface area contributed by atoms with Crippen LogP contribution in [0.15, 0.2) is 54.6 Å². The molecule has 2 aliphatic rings. The van der Waals surface area contributed by atoms with E-state index in [-0.39, 0.29) is 5.41 Å². The van der Waals surface area contributed by atoms with Crippen molar-refractivity contribution in [1.29, 1.82) is 0 Å². The van der Waals surface area contributed by atoms with Crippen molar-refractivity contribution in [2.75, 3.05) is 6.54 Å². The Labute approximate surface area is 156 Å². The predicted molar refractivity (Wildman–Crippen MR) is 106 cm³/mol. The summed E-state index contributed by atoms with van der Waals surface area (Å²) in [5, 5.41) is 4.76. The van der Waals surface area contributed by atoms with Crippen LogP contribution < -0.4 is 5.32 Å². The zero-order valence-electron chi connectivity index (χ0n) is 14.9. The van der Waals surface area contributed by atoms with Crippen LogP contribution in [0.1, 0.15) is 49.7 Å². The molecule has 2 atom stereocenters. The molecule has 2 unspecified atom stereocenters. The molecule has 2 aromatic carbocycles. The second-order valence-corrected chi connectivity index (χ2v) is 8.33. The molecule has 2 fully saturated rings. The second kappa shape index (κ2) is 7.51. The van der Waals surface area contributed by atoms with Crippen molar-refractivity contribution in [3.05, 3.63) is 70.7 Å². The number of nitrogens with one attached hydrogen (secondary N) is 1. The Kier molecular flexibility index (Phi) is 5.15. The highest BCUT2D eigenvalue weighted by atomic mass is 35.5. The smallest absolute Gasteiger partial charge is 0.0406 e. The number of hydrogen-bond acceptors (Lipinski definition) is 1. The highest BCUT2D eigenvalue weighted by Crippen LogP contribution is 2.47. The minimum Gasteiger partial charge on any atom is -0.313 e. The van der Waals surface area contributed by atoms with Gasteiger partial charge in [0.1, 0.15) is 0 Å². The van der Waals surface area contributed by atoms with E-state index in [0.717, 1.165) is 17.5 Å². The predicted octanol–water partition coefficient (Wildman–Crippen LogP) is 5.76. The normalized spacial score (nSPS) is 25.8. The SMILES string of the molecule is Clc1ccc(C2(C3NCCC3Cc3ccccc3)CCCCC2)cc1. The van der Waals surface area contributed by atoms with E-state index in [2.05, 4.69) is 59.9 Å². The van der Waals surface area contributed by atoms with E-state index < -0.39 is 0 Å². The third-order valence-electron chi connectivity index (χ3n) is 6.45. The molecule has 1 heterocycles. The third-order valence-corrected chi connectivity index (χ3v) is 6.70. The molecule has 2 heteroatoms. The van der Waals surface area contributed by atoms with Crippen LogP contribution in [-0.2, 0) is 11.8 Å². The van der Waals surface area contributed by atoms with Crippen molar-refractivity contribution >= 4 is 11.6 Å². The molecular weight excluding hydrogens is 326 g/mol. The average Bonchev–Trinajstić information content (AvgIpc) is 3.12. The van der Waals surface area contributed by atoms with Gasteiger partial charge in [0, 0.05) is 16.5 Å². The lowest BCUT2D eigenvalue weighted by molar-refractivity contribution is 0.192. The average molecular weight is 354 g/mol. The fourth-order valence-corrected chi connectivity index (χ4v) is 5.41. The fraction of sp³-hybridized carbons (Fsp3) is 0.478. The van der Waals surface area contributed by atoms with Crippen molar-refractivity contribution in [1.82, 2.24) is 5.32 Å². The second-order valence-electron chi connectivity index (χ2n) is 7.89. The highest BCUT2D eigenvalue weighted by Gasteiger charge is 2.46. The first kappa shape index (κ1) is 17.1. The number of benzene rings is 2. The quantitative estimate of drug-likeness (QED) is 0.736. The van der Waals surface area contributed by atoms with Gasteiger partial charge in [0.25, 0.3) is 0 Å². The molecule has 0 amide bonds. The Morgan fingerprint density at radius 1 is 0.920 bits per heavy atom. The van der Waals surface area contributed by atoms with E-state index in [1.807, 2.05) is 0 Å². The molecule has 1 N–H and O–H groups in total. The number of hydrogen-bond donors (Lipinski definition) is 1. The van der Waals surface area contributed by atoms with Crippen LogP contribution in [0.2, 0.25) is 5.02 Å². The largest absolute Gasteiger partial charge is 0.313 e. The lowest BCUT2D eigenvalue weighted by atomic mass is 9.62. The summed E-state index contributed by atoms with van der Waals surface area (Å²) in [4.78, 5) is 0. The van der Waals surface area contributed by atoms with Crippen LogP contribution in [-0.4, -0.2) is 12.6 Å². The summed E-state index contributed by atoms with van der Waals surface area (Å²) >= 11 is 6.18. The Balaban J connectivity index is 1.65. The van der Waals surface area contributed by atoms with Gasteiger partial charge < -0.3 is 5.32 Å². The van der Waals surface area contributed by atoms with Gasteiger partial charge in [-0.05, 0) is 61.4 Å². The molecule has 1 nitrogen and oxygen atoms in total. The van der Waals surface area contributed by atoms with E-state index in [0.29, 0.717) is 6.04 Å². The Hall–Kier alpha value is -1.31. The zero-order chi connectivity index (χ0) is 17.1. The first-order valence-electron chi connectivity index (χ1n) is 9.81. The molecule has 25 heavy (non-hydrogen) atoms. The molecule has 0 radical (unpaired) electrons. The summed E-state index contributed by atoms with van der Waals surface area (Å²) in [7, 11) is 0. The van der Waals surface area contributed by atoms with Crippen molar-refractivity contribution in [2.45, 2.75) is 56.4 Å². The Bertz CT molecular complexity index is 673. The maximum Gasteiger partial charge on any atom is 0.0406 e. The molecule has 1 saturated heterocycles. The van der Waals surface area contributed by atoms with E-state index in [9.17, 15) is 0 Å². The van der Waals surface area contributed by atoms with Gasteiger partial charge in [-0.25, -0.2) is 0 Å². The number of rotatable bonds is 4. The van der Waals surface area contributed by atoms with Crippen LogP contribution in [0.25, 0.3) is 0 Å². The minimum absolute atomic E-state index is 0.277. The Morgan fingerprint density at radius 2 is 1.64 bits per heavy atom. The van der Waals surface area contributed by atoms with Gasteiger partial charge in [-0.1, -0.05) is 73.3 Å². The monoisotopic (exact) mass is 353 g/mol. The summed E-state index contributed by atoms with van der Waals surface area (Å²) in [6.45, 7) is 1.15. The number of halogens is 1. The zero-order valence-corrected chi connectivity index (χ0v) is 15.6. The fourth-order valence-electron chi connectivity index (χ4n) is 5.28. The lowest BCUT2D eigenvalue weighted by Gasteiger charge is -2.45. The third kappa shape index (κ3) is 3.50. The van der Waals surface area contributed by atoms with E-state index in [1.54, 1.807) is 0 Å². The molecule has 1 aliphatic carbocycles. The maximum absolute atomic E-state index is 6.18. The van der Waals surface area contributed by atoms with Crippen LogP contribution >= 0.6 is 11.6 Å². The van der Waals surface area contributed by atoms with Gasteiger partial charge in [0.2, 0.25) is 0 Å². The van der Waals surface area contributed by atoms with Crippen molar-refractivity contribution in [3.63, 3.8) is 0 Å². The molecule has 0 spiro atoms. The highest BCUT2D eigenvalue weighted by molar-refractivity contribution is 6.30. The van der Waals surface area contributed by atoms with E-state index in [1.165, 1.54) is 56.1 Å². The summed E-state index contributed by atoms with van der Waals surface area (Å²) < 4.78 is 0. The van der Waals surface area contributed by atoms with Crippen LogP contribution in [0.3, 0.4) is 0 Å². The maximum atomic E-state index is 6.18. The minimum atomic E-state index is 0.277. The molecule has 1 aliphatic heterocycles. The molecule has 132 valence electrons. The molecule has 4 rings (SSSR count). The van der Waals surface area contributed by atoms with Gasteiger partial charge in [0.05, 0.1) is 0 Å². The van der Waals surface area contributed by atoms with Gasteiger partial charge in [-0.15, -0.1) is 0 Å². The van der Waals surface area contributed by atoms with Crippen molar-refractivity contribution < 1.29 is 0 Å². The summed E-state index contributed by atoms with van der Waals surface area (Å²) in [5.74, 6) is 0.719. The topological polar surface area (TPSA) is 12.0 Å². The van der Waals surface area contributed by atoms with Gasteiger partial charge in [-0.2, -0.15) is 0 Å². The first-order valence-corrected chi connectivity index (χ1v) is 10.2. The van der Waals surface area contributed by atoms with Crippen molar-refractivity contribution in [2.24, 2.45) is 5.92 Å². The standard InChI is InChI=1S/C23H28ClN/c24-21-11-9-20(10-12-21)23(14-5-2-6-15-23)22-19(13-16-25-22)17-18-7-3-1-4-8-18/h1,3-4,7-12,19,22,25H,2,5-6,13-17H2. The summed E-state index contributed by atoms with van der Waals surface area (Å²) in [6.07, 6.45) is 9.15. The van der Waals surface area contributed by atoms with Crippen molar-refractivity contribution in [3.8, 4) is 0 Å². The molecular formula is C23H28ClN. The van der Waals surface area contributed by atoms with Gasteiger partial charge in [-0.3, -0.25) is 0 Å². The molecule has 1 saturated carbocycles. The Morgan fingerprint density at radius 3 is 2.36 bits per heavy atom. The molecule has 2 aromatic rings. The van der Waals surface area contributed by atoms with Crippen LogP contribution in [0.5, 0.6) is 0 Å². The van der Waals surface area contributed by atoms with Gasteiger partial charge >= 0.3 is 0 Å². The molecule has 0 aromatic heterocycles. The first-order chi connectivity index (χ1) is 12.3. The lowest BCUT2D eigenvalue weighted by Crippen LogP contribution is -2.50. The molecule has 0 bridgehead atoms. The van der Waals surface area contributed by atoms with Crippen LogP contribution in [0, 0.1) is 5.92 Å². The van der Waals surface area contributed by atoms with Crippen LogP contribution in [0.4, 0.5) is 0 Å². The van der Waals surface area contributed by atoms with E-state index >= 15 is 0 Å². The summed E-state index contributed by atoms with van der Waals surface area (Å²) in [5.41, 5.74) is 3.25.